The lowest BCUT2D eigenvalue weighted by molar-refractivity contribution is -0.0499. The maximum absolute atomic E-state index is 12.3. The molecule has 0 bridgehead atoms. The van der Waals surface area contributed by atoms with E-state index in [2.05, 4.69) is 9.17 Å². The number of halogens is 3. The lowest BCUT2D eigenvalue weighted by atomic mass is 10.3. The number of nitrogens with zero attached hydrogens (tertiary/aromatic N) is 2. The van der Waals surface area contributed by atoms with Gasteiger partial charge in [-0.2, -0.15) is 21.6 Å². The second-order valence-electron chi connectivity index (χ2n) is 3.76. The Morgan fingerprint density at radius 2 is 2.00 bits per heavy atom. The molecular formula is C10H7F3N2O4S. The third-order valence-corrected chi connectivity index (χ3v) is 3.42. The van der Waals surface area contributed by atoms with Crippen LogP contribution in [0.3, 0.4) is 0 Å². The molecule has 0 saturated carbocycles. The number of hydrogen-bond donors (Lipinski definition) is 0. The van der Waals surface area contributed by atoms with Gasteiger partial charge in [0.1, 0.15) is 5.52 Å². The second-order valence-corrected chi connectivity index (χ2v) is 5.30. The van der Waals surface area contributed by atoms with E-state index in [9.17, 15) is 26.4 Å². The maximum atomic E-state index is 12.3. The molecule has 0 radical (unpaired) electrons. The largest absolute Gasteiger partial charge is 0.534 e. The first kappa shape index (κ1) is 14.3. The summed E-state index contributed by atoms with van der Waals surface area (Å²) in [6.07, 6.45) is 1.24. The van der Waals surface area contributed by atoms with E-state index in [1.54, 1.807) is 0 Å². The molecule has 2 rings (SSSR count). The summed E-state index contributed by atoms with van der Waals surface area (Å²) in [5.41, 5.74) is -6.33. The fourth-order valence-electron chi connectivity index (χ4n) is 1.48. The number of rotatable bonds is 2. The van der Waals surface area contributed by atoms with Crippen LogP contribution >= 0.6 is 0 Å². The standard InChI is InChI=1S/C10H7F3N2O4S/c1-15-6-3-2-4-14-9(6)7(5-8(15)16)19-20(17,18)10(11,12)13/h2-5H,1H3. The van der Waals surface area contributed by atoms with Crippen LogP contribution in [0.1, 0.15) is 0 Å². The quantitative estimate of drug-likeness (QED) is 0.614. The molecule has 2 aromatic rings. The van der Waals surface area contributed by atoms with Gasteiger partial charge in [0.2, 0.25) is 0 Å². The first-order valence-electron chi connectivity index (χ1n) is 5.09. The van der Waals surface area contributed by atoms with Crippen molar-refractivity contribution in [2.24, 2.45) is 7.05 Å². The van der Waals surface area contributed by atoms with Gasteiger partial charge in [-0.05, 0) is 12.1 Å². The topological polar surface area (TPSA) is 78.3 Å². The molecule has 0 aliphatic heterocycles. The Kier molecular flexibility index (Phi) is 3.20. The minimum absolute atomic E-state index is 0.146. The first-order valence-corrected chi connectivity index (χ1v) is 6.50. The summed E-state index contributed by atoms with van der Waals surface area (Å²) in [5, 5.41) is 0. The van der Waals surface area contributed by atoms with E-state index in [1.165, 1.54) is 25.4 Å². The van der Waals surface area contributed by atoms with E-state index in [4.69, 9.17) is 0 Å². The van der Waals surface area contributed by atoms with E-state index in [0.717, 1.165) is 4.57 Å². The van der Waals surface area contributed by atoms with Gasteiger partial charge in [-0.15, -0.1) is 0 Å². The highest BCUT2D eigenvalue weighted by Gasteiger charge is 2.48. The minimum atomic E-state index is -5.86. The van der Waals surface area contributed by atoms with Crippen LogP contribution < -0.4 is 9.74 Å². The average molecular weight is 308 g/mol. The van der Waals surface area contributed by atoms with Crippen LogP contribution in [0.5, 0.6) is 5.75 Å². The second kappa shape index (κ2) is 4.47. The number of fused-ring (bicyclic) bond motifs is 1. The van der Waals surface area contributed by atoms with E-state index < -0.39 is 26.9 Å². The van der Waals surface area contributed by atoms with Crippen LogP contribution in [0, 0.1) is 0 Å². The van der Waals surface area contributed by atoms with Gasteiger partial charge in [0.05, 0.1) is 5.52 Å². The average Bonchev–Trinajstić information content (AvgIpc) is 2.34. The summed E-state index contributed by atoms with van der Waals surface area (Å²) in [7, 11) is -4.49. The van der Waals surface area contributed by atoms with E-state index in [0.29, 0.717) is 6.07 Å². The van der Waals surface area contributed by atoms with Crippen molar-refractivity contribution in [3.63, 3.8) is 0 Å². The molecule has 0 fully saturated rings. The van der Waals surface area contributed by atoms with Crippen molar-refractivity contribution in [1.82, 2.24) is 9.55 Å². The SMILES string of the molecule is Cn1c(=O)cc(OS(=O)(=O)C(F)(F)F)c2ncccc21. The zero-order valence-electron chi connectivity index (χ0n) is 9.88. The lowest BCUT2D eigenvalue weighted by Gasteiger charge is -2.12. The Labute approximate surface area is 110 Å². The van der Waals surface area contributed by atoms with Gasteiger partial charge < -0.3 is 8.75 Å². The molecular weight excluding hydrogens is 301 g/mol. The molecule has 2 aromatic heterocycles. The van der Waals surface area contributed by atoms with E-state index >= 15 is 0 Å². The van der Waals surface area contributed by atoms with E-state index in [-0.39, 0.29) is 11.0 Å². The number of pyridine rings is 2. The molecule has 0 atom stereocenters. The Hall–Kier alpha value is -2.10. The van der Waals surface area contributed by atoms with Crippen molar-refractivity contribution in [2.45, 2.75) is 5.51 Å². The van der Waals surface area contributed by atoms with Crippen molar-refractivity contribution >= 4 is 21.2 Å². The normalized spacial score (nSPS) is 12.6. The van der Waals surface area contributed by atoms with Gasteiger partial charge in [-0.1, -0.05) is 0 Å². The van der Waals surface area contributed by atoms with E-state index in [1.807, 2.05) is 0 Å². The van der Waals surface area contributed by atoms with Crippen LogP contribution in [-0.2, 0) is 17.2 Å². The zero-order chi connectivity index (χ0) is 15.1. The summed E-state index contributed by atoms with van der Waals surface area (Å²) in [6, 6.07) is 3.49. The van der Waals surface area contributed by atoms with Crippen molar-refractivity contribution in [1.29, 1.82) is 0 Å². The number of alkyl halides is 3. The molecule has 0 aliphatic carbocycles. The monoisotopic (exact) mass is 308 g/mol. The molecule has 0 aliphatic rings. The highest BCUT2D eigenvalue weighted by atomic mass is 32.2. The molecule has 108 valence electrons. The predicted octanol–water partition coefficient (Wildman–Crippen LogP) is 1.16. The van der Waals surface area contributed by atoms with Crippen molar-refractivity contribution in [2.75, 3.05) is 0 Å². The predicted molar refractivity (Wildman–Crippen MR) is 62.6 cm³/mol. The maximum Gasteiger partial charge on any atom is 0.534 e. The summed E-state index contributed by atoms with van der Waals surface area (Å²) in [4.78, 5) is 15.3. The fourth-order valence-corrected chi connectivity index (χ4v) is 1.94. The van der Waals surface area contributed by atoms with Gasteiger partial charge in [0.25, 0.3) is 5.56 Å². The molecule has 20 heavy (non-hydrogen) atoms. The molecule has 0 aromatic carbocycles. The number of aryl methyl sites for hydroxylation is 1. The molecule has 0 amide bonds. The van der Waals surface area contributed by atoms with Crippen LogP contribution in [0.4, 0.5) is 13.2 Å². The fraction of sp³-hybridized carbons (Fsp3) is 0.200. The summed E-state index contributed by atoms with van der Waals surface area (Å²) in [5.74, 6) is -0.763. The third-order valence-electron chi connectivity index (χ3n) is 2.45. The Bertz CT molecular complexity index is 826. The minimum Gasteiger partial charge on any atom is -0.373 e. The molecule has 6 nitrogen and oxygen atoms in total. The van der Waals surface area contributed by atoms with Crippen LogP contribution in [0.2, 0.25) is 0 Å². The van der Waals surface area contributed by atoms with Crippen LogP contribution in [0.25, 0.3) is 11.0 Å². The Morgan fingerprint density at radius 3 is 2.60 bits per heavy atom. The molecule has 0 saturated heterocycles. The van der Waals surface area contributed by atoms with Gasteiger partial charge >= 0.3 is 15.6 Å². The van der Waals surface area contributed by atoms with Crippen LogP contribution in [-0.4, -0.2) is 23.5 Å². The number of hydrogen-bond acceptors (Lipinski definition) is 5. The zero-order valence-corrected chi connectivity index (χ0v) is 10.7. The smallest absolute Gasteiger partial charge is 0.373 e. The van der Waals surface area contributed by atoms with Gasteiger partial charge in [-0.25, -0.2) is 0 Å². The molecule has 2 heterocycles. The van der Waals surface area contributed by atoms with Crippen LogP contribution in [0.15, 0.2) is 29.2 Å². The summed E-state index contributed by atoms with van der Waals surface area (Å²) >= 11 is 0. The molecule has 0 N–H and O–H groups in total. The highest BCUT2D eigenvalue weighted by molar-refractivity contribution is 7.88. The van der Waals surface area contributed by atoms with Gasteiger partial charge in [0.15, 0.2) is 5.75 Å². The van der Waals surface area contributed by atoms with Gasteiger partial charge in [0, 0.05) is 19.3 Å². The van der Waals surface area contributed by atoms with Crippen molar-refractivity contribution < 1.29 is 25.8 Å². The summed E-state index contributed by atoms with van der Waals surface area (Å²) < 4.78 is 63.9. The molecule has 0 spiro atoms. The Balaban J connectivity index is 2.69. The van der Waals surface area contributed by atoms with Crippen molar-refractivity contribution in [3.05, 3.63) is 34.7 Å². The number of aromatic nitrogens is 2. The molecule has 10 heteroatoms. The van der Waals surface area contributed by atoms with Gasteiger partial charge in [-0.3, -0.25) is 9.78 Å². The Morgan fingerprint density at radius 1 is 1.35 bits per heavy atom. The first-order chi connectivity index (χ1) is 9.13. The molecule has 0 unspecified atom stereocenters. The highest BCUT2D eigenvalue weighted by Crippen LogP contribution is 2.29. The lowest BCUT2D eigenvalue weighted by Crippen LogP contribution is -2.29. The third kappa shape index (κ3) is 2.33. The van der Waals surface area contributed by atoms with Crippen molar-refractivity contribution in [3.8, 4) is 5.75 Å². The summed E-state index contributed by atoms with van der Waals surface area (Å²) in [6.45, 7) is 0.